The van der Waals surface area contributed by atoms with Gasteiger partial charge in [0.2, 0.25) is 5.91 Å². The summed E-state index contributed by atoms with van der Waals surface area (Å²) in [6.07, 6.45) is 2.07. The summed E-state index contributed by atoms with van der Waals surface area (Å²) in [5, 5.41) is 6.04. The van der Waals surface area contributed by atoms with Crippen molar-refractivity contribution in [1.82, 2.24) is 10.6 Å². The number of nitrogens with one attached hydrogen (secondary N) is 2. The Balaban J connectivity index is 2.27. The van der Waals surface area contributed by atoms with Crippen molar-refractivity contribution in [2.75, 3.05) is 12.3 Å². The fraction of sp³-hybridized carbons (Fsp3) is 0.857. The smallest absolute Gasteiger partial charge is 0.236 e. The van der Waals surface area contributed by atoms with Gasteiger partial charge in [-0.15, -0.1) is 0 Å². The lowest BCUT2D eigenvalue weighted by Gasteiger charge is -2.15. The van der Waals surface area contributed by atoms with Crippen molar-refractivity contribution in [1.29, 1.82) is 0 Å². The number of amides is 1. The summed E-state index contributed by atoms with van der Waals surface area (Å²) in [4.78, 5) is 11.4. The van der Waals surface area contributed by atoms with Crippen LogP contribution >= 0.6 is 12.6 Å². The van der Waals surface area contributed by atoms with Gasteiger partial charge in [0.25, 0.3) is 0 Å². The molecule has 0 aromatic heterocycles. The fourth-order valence-corrected chi connectivity index (χ4v) is 1.39. The molecule has 2 unspecified atom stereocenters. The molecule has 0 bridgehead atoms. The molecule has 68 valence electrons. The lowest BCUT2D eigenvalue weighted by atomic mass is 9.98. The third kappa shape index (κ3) is 2.71. The second-order valence-corrected chi connectivity index (χ2v) is 3.61. The van der Waals surface area contributed by atoms with Crippen molar-refractivity contribution in [3.63, 3.8) is 0 Å². The van der Waals surface area contributed by atoms with Crippen molar-refractivity contribution in [3.8, 4) is 0 Å². The largest absolute Gasteiger partial charge is 0.359 e. The predicted molar refractivity (Wildman–Crippen MR) is 55.4 cm³/mol. The van der Waals surface area contributed by atoms with E-state index in [-0.39, 0.29) is 17.9 Å². The normalized spacial score (nSPS) is 25.2. The van der Waals surface area contributed by atoms with E-state index in [4.69, 9.17) is 0 Å². The zero-order valence-electron chi connectivity index (χ0n) is 7.34. The summed E-state index contributed by atoms with van der Waals surface area (Å²) >= 11 is 4.10. The van der Waals surface area contributed by atoms with Gasteiger partial charge in [0, 0.05) is 11.7 Å². The maximum Gasteiger partial charge on any atom is 0.236 e. The molecule has 1 fully saturated rings. The molecule has 0 aliphatic carbocycles. The predicted octanol–water partition coefficient (Wildman–Crippen LogP) is -1.26. The molecule has 1 saturated heterocycles. The highest BCUT2D eigenvalue weighted by Crippen LogP contribution is 2.04. The number of hydrogen-bond acceptors (Lipinski definition) is 3. The van der Waals surface area contributed by atoms with Crippen LogP contribution in [0.1, 0.15) is 12.8 Å². The van der Waals surface area contributed by atoms with Crippen LogP contribution in [0.2, 0.25) is 0 Å². The van der Waals surface area contributed by atoms with Gasteiger partial charge in [-0.25, -0.2) is 0 Å². The highest BCUT2D eigenvalue weighted by atomic mass is 32.1. The molecule has 1 rings (SSSR count). The van der Waals surface area contributed by atoms with Crippen LogP contribution in [0.15, 0.2) is 0 Å². The summed E-state index contributed by atoms with van der Waals surface area (Å²) < 4.78 is 0. The van der Waals surface area contributed by atoms with Gasteiger partial charge >= 0.3 is 0 Å². The summed E-state index contributed by atoms with van der Waals surface area (Å²) in [5.74, 6) is 0.982. The van der Waals surface area contributed by atoms with Gasteiger partial charge in [-0.1, -0.05) is 0 Å². The van der Waals surface area contributed by atoms with E-state index in [2.05, 4.69) is 23.3 Å². The van der Waals surface area contributed by atoms with E-state index in [9.17, 15) is 4.79 Å². The van der Waals surface area contributed by atoms with E-state index in [1.54, 1.807) is 0 Å². The summed E-state index contributed by atoms with van der Waals surface area (Å²) in [5.41, 5.74) is 0. The first-order valence-corrected chi connectivity index (χ1v) is 5.02. The zero-order chi connectivity index (χ0) is 8.97. The van der Waals surface area contributed by atoms with Crippen molar-refractivity contribution < 1.29 is 4.79 Å². The van der Waals surface area contributed by atoms with Gasteiger partial charge in [0.1, 0.15) is 7.85 Å². The molecule has 2 atom stereocenters. The highest BCUT2D eigenvalue weighted by Gasteiger charge is 2.22. The molecule has 2 N–H and O–H groups in total. The van der Waals surface area contributed by atoms with Crippen LogP contribution < -0.4 is 10.6 Å². The Morgan fingerprint density at radius 2 is 2.58 bits per heavy atom. The first-order chi connectivity index (χ1) is 5.74. The third-order valence-electron chi connectivity index (χ3n) is 2.04. The minimum Gasteiger partial charge on any atom is -0.359 e. The lowest BCUT2D eigenvalue weighted by Crippen LogP contribution is -2.46. The quantitative estimate of drug-likeness (QED) is 0.380. The second-order valence-electron chi connectivity index (χ2n) is 3.24. The van der Waals surface area contributed by atoms with Gasteiger partial charge < -0.3 is 10.6 Å². The molecule has 0 spiro atoms. The number of hydrogen-bond donors (Lipinski definition) is 3. The lowest BCUT2D eigenvalue weighted by molar-refractivity contribution is -0.122. The topological polar surface area (TPSA) is 41.1 Å². The van der Waals surface area contributed by atoms with Gasteiger partial charge in [0.05, 0.1) is 6.04 Å². The first kappa shape index (κ1) is 9.93. The van der Waals surface area contributed by atoms with E-state index in [0.717, 1.165) is 19.4 Å². The number of rotatable bonds is 3. The van der Waals surface area contributed by atoms with Crippen molar-refractivity contribution in [2.45, 2.75) is 24.8 Å². The third-order valence-corrected chi connectivity index (χ3v) is 2.59. The SMILES string of the molecule is BC(CS)NC(=O)C1CCCN1. The van der Waals surface area contributed by atoms with Gasteiger partial charge in [-0.3, -0.25) is 4.79 Å². The average molecular weight is 186 g/mol. The molecule has 0 saturated carbocycles. The molecule has 1 aliphatic rings. The van der Waals surface area contributed by atoms with E-state index >= 15 is 0 Å². The number of carbonyl (C=O) groups excluding carboxylic acids is 1. The minimum absolute atomic E-state index is 0.0346. The van der Waals surface area contributed by atoms with Gasteiger partial charge in [-0.2, -0.15) is 12.6 Å². The van der Waals surface area contributed by atoms with Crippen LogP contribution in [0.25, 0.3) is 0 Å². The Labute approximate surface area is 79.5 Å². The Kier molecular flexibility index (Phi) is 3.95. The van der Waals surface area contributed by atoms with Crippen LogP contribution in [-0.2, 0) is 4.79 Å². The highest BCUT2D eigenvalue weighted by molar-refractivity contribution is 7.80. The molecule has 1 amide bonds. The maximum absolute atomic E-state index is 11.4. The van der Waals surface area contributed by atoms with Crippen LogP contribution in [0, 0.1) is 0 Å². The first-order valence-electron chi connectivity index (χ1n) is 4.38. The van der Waals surface area contributed by atoms with Gasteiger partial charge in [-0.05, 0) is 19.4 Å². The molecule has 1 aliphatic heterocycles. The molecule has 0 aromatic carbocycles. The molecule has 12 heavy (non-hydrogen) atoms. The molecule has 0 aromatic rings. The van der Waals surface area contributed by atoms with Crippen LogP contribution in [0.3, 0.4) is 0 Å². The molecule has 0 radical (unpaired) electrons. The Morgan fingerprint density at radius 3 is 3.08 bits per heavy atom. The van der Waals surface area contributed by atoms with Crippen LogP contribution in [0.5, 0.6) is 0 Å². The van der Waals surface area contributed by atoms with Gasteiger partial charge in [0.15, 0.2) is 0 Å². The molecule has 3 nitrogen and oxygen atoms in total. The standard InChI is InChI=1S/C7H15BN2OS/c8-6(4-12)10-7(11)5-2-1-3-9-5/h5-6,9,12H,1-4,8H2,(H,10,11). The second kappa shape index (κ2) is 4.77. The van der Waals surface area contributed by atoms with Crippen LogP contribution in [-0.4, -0.2) is 38.0 Å². The van der Waals surface area contributed by atoms with E-state index in [1.165, 1.54) is 0 Å². The maximum atomic E-state index is 11.4. The van der Waals surface area contributed by atoms with Crippen molar-refractivity contribution in [2.24, 2.45) is 0 Å². The number of thiol groups is 1. The summed E-state index contributed by atoms with van der Waals surface area (Å²) in [6, 6.07) is 0.0346. The fourth-order valence-electron chi connectivity index (χ4n) is 1.30. The molecular weight excluding hydrogens is 171 g/mol. The molecule has 5 heteroatoms. The van der Waals surface area contributed by atoms with E-state index in [0.29, 0.717) is 5.75 Å². The monoisotopic (exact) mass is 186 g/mol. The molecular formula is C7H15BN2OS. The van der Waals surface area contributed by atoms with E-state index < -0.39 is 0 Å². The Bertz CT molecular complexity index is 161. The Hall–Kier alpha value is -0.155. The zero-order valence-corrected chi connectivity index (χ0v) is 8.23. The van der Waals surface area contributed by atoms with E-state index in [1.807, 2.05) is 7.85 Å². The van der Waals surface area contributed by atoms with Crippen molar-refractivity contribution in [3.05, 3.63) is 0 Å². The minimum atomic E-state index is 0.0346. The summed E-state index contributed by atoms with van der Waals surface area (Å²) in [6.45, 7) is 0.966. The Morgan fingerprint density at radius 1 is 1.83 bits per heavy atom. The van der Waals surface area contributed by atoms with Crippen LogP contribution in [0.4, 0.5) is 0 Å². The molecule has 1 heterocycles. The average Bonchev–Trinajstić information content (AvgIpc) is 2.56. The summed E-state index contributed by atoms with van der Waals surface area (Å²) in [7, 11) is 1.96. The number of carbonyl (C=O) groups is 1. The van der Waals surface area contributed by atoms with Crippen molar-refractivity contribution >= 4 is 26.4 Å².